The van der Waals surface area contributed by atoms with Crippen molar-refractivity contribution in [1.82, 2.24) is 4.98 Å². The molecule has 0 amide bonds. The Bertz CT molecular complexity index is 542. The van der Waals surface area contributed by atoms with E-state index in [1.54, 1.807) is 0 Å². The number of hydrogen-bond acceptors (Lipinski definition) is 5. The minimum Gasteiger partial charge on any atom is -0.375 e. The van der Waals surface area contributed by atoms with Crippen LogP contribution in [-0.4, -0.2) is 4.98 Å². The summed E-state index contributed by atoms with van der Waals surface area (Å²) in [5.41, 5.74) is 7.40. The Kier molecular flexibility index (Phi) is 3.49. The number of hydrogen-bond donors (Lipinski definition) is 1. The van der Waals surface area contributed by atoms with Crippen LogP contribution in [0.2, 0.25) is 0 Å². The number of nitrogens with two attached hydrogens (primary N) is 1. The zero-order valence-electron chi connectivity index (χ0n) is 7.98. The van der Waals surface area contributed by atoms with Crippen LogP contribution in [0.15, 0.2) is 32.9 Å². The Morgan fingerprint density at radius 2 is 2.06 bits per heavy atom. The van der Waals surface area contributed by atoms with Crippen molar-refractivity contribution in [3.05, 3.63) is 28.7 Å². The highest BCUT2D eigenvalue weighted by molar-refractivity contribution is 9.10. The number of nitrogens with zero attached hydrogens (tertiary/aromatic N) is 2. The monoisotopic (exact) mass is 311 g/mol. The van der Waals surface area contributed by atoms with Crippen LogP contribution in [0, 0.1) is 10.7 Å². The zero-order valence-corrected chi connectivity index (χ0v) is 11.2. The standard InChI is InChI=1S/C10H6BrN3S2/c11-7-3-1-6(2-4-7)8-9(15-5-12)16-10(13)14-8/h1-4H,(H2,13,14). The molecule has 0 aliphatic rings. The number of thioether (sulfide) groups is 1. The van der Waals surface area contributed by atoms with Crippen molar-refractivity contribution in [2.24, 2.45) is 0 Å². The van der Waals surface area contributed by atoms with Gasteiger partial charge in [-0.1, -0.05) is 39.4 Å². The second-order valence-electron chi connectivity index (χ2n) is 2.89. The molecule has 1 heterocycles. The Hall–Kier alpha value is -1.03. The Labute approximate surface area is 109 Å². The first-order chi connectivity index (χ1) is 7.70. The van der Waals surface area contributed by atoms with Crippen LogP contribution in [0.25, 0.3) is 11.3 Å². The van der Waals surface area contributed by atoms with Gasteiger partial charge in [-0.3, -0.25) is 0 Å². The van der Waals surface area contributed by atoms with E-state index < -0.39 is 0 Å². The summed E-state index contributed by atoms with van der Waals surface area (Å²) in [4.78, 5) is 4.24. The summed E-state index contributed by atoms with van der Waals surface area (Å²) in [7, 11) is 0. The highest BCUT2D eigenvalue weighted by Gasteiger charge is 2.12. The van der Waals surface area contributed by atoms with Gasteiger partial charge in [0.1, 0.15) is 9.61 Å². The van der Waals surface area contributed by atoms with E-state index in [1.807, 2.05) is 29.7 Å². The van der Waals surface area contributed by atoms with Crippen LogP contribution in [-0.2, 0) is 0 Å². The van der Waals surface area contributed by atoms with Gasteiger partial charge in [0.15, 0.2) is 5.13 Å². The molecule has 2 N–H and O–H groups in total. The van der Waals surface area contributed by atoms with E-state index in [1.165, 1.54) is 11.3 Å². The van der Waals surface area contributed by atoms with E-state index in [2.05, 4.69) is 20.9 Å². The number of benzene rings is 1. The predicted octanol–water partition coefficient (Wildman–Crippen LogP) is 3.73. The van der Waals surface area contributed by atoms with Crippen molar-refractivity contribution in [3.8, 4) is 16.7 Å². The lowest BCUT2D eigenvalue weighted by Crippen LogP contribution is -1.83. The highest BCUT2D eigenvalue weighted by atomic mass is 79.9. The highest BCUT2D eigenvalue weighted by Crippen LogP contribution is 2.37. The summed E-state index contributed by atoms with van der Waals surface area (Å²) in [6.07, 6.45) is 0. The van der Waals surface area contributed by atoms with Crippen molar-refractivity contribution in [2.45, 2.75) is 4.21 Å². The molecule has 0 saturated heterocycles. The number of aromatic nitrogens is 1. The molecule has 16 heavy (non-hydrogen) atoms. The quantitative estimate of drug-likeness (QED) is 0.678. The number of anilines is 1. The van der Waals surface area contributed by atoms with Crippen LogP contribution in [0.4, 0.5) is 5.13 Å². The second-order valence-corrected chi connectivity index (χ2v) is 5.89. The molecular formula is C10H6BrN3S2. The number of halogens is 1. The Morgan fingerprint density at radius 1 is 1.38 bits per heavy atom. The van der Waals surface area contributed by atoms with Gasteiger partial charge in [0.2, 0.25) is 0 Å². The molecule has 0 aliphatic carbocycles. The molecule has 2 aromatic rings. The lowest BCUT2D eigenvalue weighted by atomic mass is 10.2. The first-order valence-corrected chi connectivity index (χ1v) is 6.71. The van der Waals surface area contributed by atoms with Crippen molar-refractivity contribution in [2.75, 3.05) is 5.73 Å². The van der Waals surface area contributed by atoms with E-state index in [0.29, 0.717) is 5.13 Å². The molecule has 0 saturated carbocycles. The molecule has 6 heteroatoms. The van der Waals surface area contributed by atoms with Crippen LogP contribution < -0.4 is 5.73 Å². The van der Waals surface area contributed by atoms with Crippen molar-refractivity contribution in [3.63, 3.8) is 0 Å². The summed E-state index contributed by atoms with van der Waals surface area (Å²) in [5.74, 6) is 0. The maximum absolute atomic E-state index is 8.69. The van der Waals surface area contributed by atoms with Gasteiger partial charge < -0.3 is 5.73 Å². The van der Waals surface area contributed by atoms with Gasteiger partial charge in [0, 0.05) is 21.8 Å². The summed E-state index contributed by atoms with van der Waals surface area (Å²) < 4.78 is 1.84. The molecule has 1 aromatic heterocycles. The molecular weight excluding hydrogens is 306 g/mol. The van der Waals surface area contributed by atoms with Gasteiger partial charge in [-0.05, 0) is 12.1 Å². The van der Waals surface area contributed by atoms with Gasteiger partial charge in [0.05, 0.1) is 5.69 Å². The zero-order chi connectivity index (χ0) is 11.5. The smallest absolute Gasteiger partial charge is 0.181 e. The van der Waals surface area contributed by atoms with Crippen molar-refractivity contribution < 1.29 is 0 Å². The van der Waals surface area contributed by atoms with Gasteiger partial charge in [-0.25, -0.2) is 4.98 Å². The summed E-state index contributed by atoms with van der Waals surface area (Å²) in [6, 6.07) is 7.76. The van der Waals surface area contributed by atoms with E-state index in [9.17, 15) is 0 Å². The molecule has 0 aliphatic heterocycles. The maximum atomic E-state index is 8.69. The van der Waals surface area contributed by atoms with Crippen molar-refractivity contribution in [1.29, 1.82) is 5.26 Å². The van der Waals surface area contributed by atoms with Crippen molar-refractivity contribution >= 4 is 44.2 Å². The van der Waals surface area contributed by atoms with Gasteiger partial charge >= 0.3 is 0 Å². The summed E-state index contributed by atoms with van der Waals surface area (Å²) in [5, 5.41) is 11.2. The Morgan fingerprint density at radius 3 is 2.69 bits per heavy atom. The molecule has 80 valence electrons. The van der Waals surface area contributed by atoms with E-state index >= 15 is 0 Å². The molecule has 0 spiro atoms. The van der Waals surface area contributed by atoms with Crippen LogP contribution in [0.1, 0.15) is 0 Å². The Balaban J connectivity index is 2.47. The first-order valence-electron chi connectivity index (χ1n) is 4.29. The lowest BCUT2D eigenvalue weighted by Gasteiger charge is -1.98. The van der Waals surface area contributed by atoms with Crippen LogP contribution >= 0.6 is 39.0 Å². The van der Waals surface area contributed by atoms with Gasteiger partial charge in [-0.2, -0.15) is 5.26 Å². The normalized spacial score (nSPS) is 10.0. The molecule has 0 atom stereocenters. The van der Waals surface area contributed by atoms with E-state index in [4.69, 9.17) is 11.0 Å². The fourth-order valence-corrected chi connectivity index (χ4v) is 2.95. The third-order valence-electron chi connectivity index (χ3n) is 1.87. The first kappa shape index (κ1) is 11.5. The predicted molar refractivity (Wildman–Crippen MR) is 71.1 cm³/mol. The maximum Gasteiger partial charge on any atom is 0.181 e. The molecule has 3 nitrogen and oxygen atoms in total. The minimum absolute atomic E-state index is 0.482. The van der Waals surface area contributed by atoms with E-state index in [-0.39, 0.29) is 0 Å². The van der Waals surface area contributed by atoms with Crippen LogP contribution in [0.5, 0.6) is 0 Å². The number of nitriles is 1. The van der Waals surface area contributed by atoms with Crippen LogP contribution in [0.3, 0.4) is 0 Å². The second kappa shape index (κ2) is 4.87. The lowest BCUT2D eigenvalue weighted by molar-refractivity contribution is 1.37. The third kappa shape index (κ3) is 2.38. The van der Waals surface area contributed by atoms with Gasteiger partial charge in [-0.15, -0.1) is 0 Å². The largest absolute Gasteiger partial charge is 0.375 e. The summed E-state index contributed by atoms with van der Waals surface area (Å²) in [6.45, 7) is 0. The number of nitrogen functional groups attached to an aromatic ring is 1. The molecule has 1 aromatic carbocycles. The fraction of sp³-hybridized carbons (Fsp3) is 0. The SMILES string of the molecule is N#CSc1sc(N)nc1-c1ccc(Br)cc1. The molecule has 2 rings (SSSR count). The minimum atomic E-state index is 0.482. The summed E-state index contributed by atoms with van der Waals surface area (Å²) >= 11 is 5.80. The molecule has 0 unspecified atom stereocenters. The number of thiazole rings is 1. The molecule has 0 radical (unpaired) electrons. The van der Waals surface area contributed by atoms with E-state index in [0.717, 1.165) is 31.7 Å². The average Bonchev–Trinajstić information content (AvgIpc) is 2.61. The number of thiocyanates is 1. The molecule has 0 fully saturated rings. The average molecular weight is 312 g/mol. The third-order valence-corrected chi connectivity index (χ3v) is 4.05. The van der Waals surface area contributed by atoms with Gasteiger partial charge in [0.25, 0.3) is 0 Å². The molecule has 0 bridgehead atoms. The number of rotatable bonds is 2. The topological polar surface area (TPSA) is 62.7 Å². The fourth-order valence-electron chi connectivity index (χ4n) is 1.22.